The molecule has 0 aromatic heterocycles. The highest BCUT2D eigenvalue weighted by atomic mass is 127. The molecular weight excluding hydrogens is 271 g/mol. The molecule has 0 aliphatic carbocycles. The van der Waals surface area contributed by atoms with Crippen molar-refractivity contribution in [1.82, 2.24) is 0 Å². The molecule has 1 unspecified atom stereocenters. The van der Waals surface area contributed by atoms with Crippen LogP contribution in [0.2, 0.25) is 0 Å². The Morgan fingerprint density at radius 3 is 2.42 bits per heavy atom. The van der Waals surface area contributed by atoms with Crippen molar-refractivity contribution < 1.29 is 15.0 Å². The van der Waals surface area contributed by atoms with E-state index in [4.69, 9.17) is 5.11 Å². The molecule has 0 radical (unpaired) electrons. The summed E-state index contributed by atoms with van der Waals surface area (Å²) >= 11 is 1.83. The summed E-state index contributed by atoms with van der Waals surface area (Å²) in [5.74, 6) is -1.05. The van der Waals surface area contributed by atoms with Gasteiger partial charge in [-0.15, -0.1) is 0 Å². The van der Waals surface area contributed by atoms with Gasteiger partial charge in [0.25, 0.3) is 0 Å². The predicted molar refractivity (Wildman–Crippen MR) is 55.3 cm³/mol. The molecule has 0 heterocycles. The monoisotopic (exact) mass is 284 g/mol. The van der Waals surface area contributed by atoms with Crippen LogP contribution in [0.5, 0.6) is 0 Å². The molecule has 0 aromatic rings. The van der Waals surface area contributed by atoms with E-state index in [0.717, 1.165) is 6.42 Å². The summed E-state index contributed by atoms with van der Waals surface area (Å²) in [6, 6.07) is 0. The number of hydrogen-bond acceptors (Lipinski definition) is 2. The Hall–Kier alpha value is -0.100. The van der Waals surface area contributed by atoms with Gasteiger partial charge >= 0.3 is 5.97 Å². The highest BCUT2D eigenvalue weighted by Crippen LogP contribution is 2.23. The average molecular weight is 284 g/mol. The maximum atomic E-state index is 10.6. The number of rotatable bonds is 4. The maximum absolute atomic E-state index is 10.6. The molecule has 70 valence electrons. The van der Waals surface area contributed by atoms with E-state index >= 15 is 0 Å². The summed E-state index contributed by atoms with van der Waals surface area (Å²) in [5, 5.41) is 18.4. The van der Waals surface area contributed by atoms with Gasteiger partial charge in [-0.2, -0.15) is 0 Å². The molecule has 0 aromatic carbocycles. The fourth-order valence-electron chi connectivity index (χ4n) is 1.02. The van der Waals surface area contributed by atoms with Gasteiger partial charge in [0.1, 0.15) is 0 Å². The van der Waals surface area contributed by atoms with Crippen LogP contribution < -0.4 is 0 Å². The number of aliphatic hydroxyl groups is 1. The summed E-state index contributed by atoms with van der Waals surface area (Å²) in [7, 11) is 0. The SMILES string of the molecule is CCCC(C)(O)C(=CI)C(=O)O. The zero-order valence-corrected chi connectivity index (χ0v) is 9.33. The van der Waals surface area contributed by atoms with Gasteiger partial charge in [-0.05, 0) is 17.4 Å². The van der Waals surface area contributed by atoms with E-state index < -0.39 is 11.6 Å². The topological polar surface area (TPSA) is 57.5 Å². The summed E-state index contributed by atoms with van der Waals surface area (Å²) in [5.41, 5.74) is -1.15. The van der Waals surface area contributed by atoms with Crippen LogP contribution in [0, 0.1) is 0 Å². The Labute approximate surface area is 85.6 Å². The lowest BCUT2D eigenvalue weighted by Gasteiger charge is -2.22. The van der Waals surface area contributed by atoms with E-state index in [1.54, 1.807) is 0 Å². The predicted octanol–water partition coefficient (Wildman–Crippen LogP) is 1.94. The van der Waals surface area contributed by atoms with Crippen molar-refractivity contribution >= 4 is 28.6 Å². The third kappa shape index (κ3) is 3.10. The van der Waals surface area contributed by atoms with Crippen molar-refractivity contribution in [3.05, 3.63) is 9.66 Å². The van der Waals surface area contributed by atoms with E-state index in [9.17, 15) is 9.90 Å². The highest BCUT2D eigenvalue weighted by molar-refractivity contribution is 14.1. The minimum absolute atomic E-state index is 0.0601. The van der Waals surface area contributed by atoms with Gasteiger partial charge in [-0.1, -0.05) is 35.9 Å². The fourth-order valence-corrected chi connectivity index (χ4v) is 1.95. The fraction of sp³-hybridized carbons (Fsp3) is 0.625. The smallest absolute Gasteiger partial charge is 0.334 e. The number of carboxylic acid groups (broad SMARTS) is 1. The summed E-state index contributed by atoms with van der Waals surface area (Å²) in [6.07, 6.45) is 1.22. The Balaban J connectivity index is 4.61. The molecular formula is C8H13IO3. The van der Waals surface area contributed by atoms with Crippen LogP contribution in [0.25, 0.3) is 0 Å². The number of carboxylic acids is 1. The van der Waals surface area contributed by atoms with Gasteiger partial charge < -0.3 is 10.2 Å². The molecule has 0 saturated carbocycles. The molecule has 0 saturated heterocycles. The van der Waals surface area contributed by atoms with E-state index in [1.165, 1.54) is 11.0 Å². The molecule has 0 rings (SSSR count). The molecule has 0 spiro atoms. The first-order valence-corrected chi connectivity index (χ1v) is 4.96. The molecule has 2 N–H and O–H groups in total. The largest absolute Gasteiger partial charge is 0.478 e. The molecule has 0 fully saturated rings. The molecule has 12 heavy (non-hydrogen) atoms. The molecule has 3 nitrogen and oxygen atoms in total. The third-order valence-electron chi connectivity index (χ3n) is 1.66. The van der Waals surface area contributed by atoms with Gasteiger partial charge in [-0.25, -0.2) is 4.79 Å². The second-order valence-electron chi connectivity index (χ2n) is 2.85. The van der Waals surface area contributed by atoms with Crippen molar-refractivity contribution in [1.29, 1.82) is 0 Å². The first kappa shape index (κ1) is 11.9. The van der Waals surface area contributed by atoms with Gasteiger partial charge in [0.15, 0.2) is 0 Å². The molecule has 0 bridgehead atoms. The zero-order valence-electron chi connectivity index (χ0n) is 7.17. The van der Waals surface area contributed by atoms with Crippen molar-refractivity contribution in [2.24, 2.45) is 0 Å². The normalized spacial score (nSPS) is 17.2. The number of halogens is 1. The molecule has 0 aliphatic rings. The Morgan fingerprint density at radius 2 is 2.17 bits per heavy atom. The molecule has 0 amide bonds. The van der Waals surface area contributed by atoms with Gasteiger partial charge in [0, 0.05) is 0 Å². The summed E-state index contributed by atoms with van der Waals surface area (Å²) < 4.78 is 1.41. The zero-order chi connectivity index (χ0) is 9.78. The highest BCUT2D eigenvalue weighted by Gasteiger charge is 2.29. The minimum Gasteiger partial charge on any atom is -0.478 e. The van der Waals surface area contributed by atoms with Crippen molar-refractivity contribution in [2.45, 2.75) is 32.3 Å². The van der Waals surface area contributed by atoms with Crippen LogP contribution >= 0.6 is 22.6 Å². The molecule has 4 heteroatoms. The van der Waals surface area contributed by atoms with E-state index in [-0.39, 0.29) is 5.57 Å². The lowest BCUT2D eigenvalue weighted by molar-refractivity contribution is -0.135. The second kappa shape index (κ2) is 4.81. The lowest BCUT2D eigenvalue weighted by Crippen LogP contribution is -2.30. The van der Waals surface area contributed by atoms with Crippen LogP contribution in [0.3, 0.4) is 0 Å². The average Bonchev–Trinajstić information content (AvgIpc) is 1.86. The Bertz CT molecular complexity index is 196. The lowest BCUT2D eigenvalue weighted by atomic mass is 9.92. The van der Waals surface area contributed by atoms with Gasteiger partial charge in [0.05, 0.1) is 11.2 Å². The van der Waals surface area contributed by atoms with E-state index in [1.807, 2.05) is 29.5 Å². The number of aliphatic carboxylic acids is 1. The van der Waals surface area contributed by atoms with E-state index in [2.05, 4.69) is 0 Å². The standard InChI is InChI=1S/C8H13IO3/c1-3-4-8(2,12)6(5-9)7(10)11/h5,12H,3-4H2,1-2H3,(H,10,11). The van der Waals surface area contributed by atoms with Crippen LogP contribution in [0.15, 0.2) is 9.66 Å². The number of carbonyl (C=O) groups is 1. The van der Waals surface area contributed by atoms with Crippen LogP contribution in [-0.2, 0) is 4.79 Å². The minimum atomic E-state index is -1.21. The first-order chi connectivity index (χ1) is 5.45. The van der Waals surface area contributed by atoms with Crippen LogP contribution in [0.1, 0.15) is 26.7 Å². The quantitative estimate of drug-likeness (QED) is 0.612. The Kier molecular flexibility index (Phi) is 4.77. The van der Waals surface area contributed by atoms with Crippen LogP contribution in [0.4, 0.5) is 0 Å². The van der Waals surface area contributed by atoms with Crippen molar-refractivity contribution in [2.75, 3.05) is 0 Å². The second-order valence-corrected chi connectivity index (χ2v) is 3.47. The van der Waals surface area contributed by atoms with Gasteiger partial charge in [-0.3, -0.25) is 0 Å². The number of hydrogen-bond donors (Lipinski definition) is 2. The first-order valence-electron chi connectivity index (χ1n) is 3.72. The maximum Gasteiger partial charge on any atom is 0.334 e. The molecule has 0 aliphatic heterocycles. The van der Waals surface area contributed by atoms with E-state index in [0.29, 0.717) is 6.42 Å². The van der Waals surface area contributed by atoms with Crippen molar-refractivity contribution in [3.8, 4) is 0 Å². The summed E-state index contributed by atoms with van der Waals surface area (Å²) in [4.78, 5) is 10.6. The van der Waals surface area contributed by atoms with Crippen LogP contribution in [-0.4, -0.2) is 21.8 Å². The summed E-state index contributed by atoms with van der Waals surface area (Å²) in [6.45, 7) is 3.43. The Morgan fingerprint density at radius 1 is 1.67 bits per heavy atom. The van der Waals surface area contributed by atoms with Crippen molar-refractivity contribution in [3.63, 3.8) is 0 Å². The third-order valence-corrected chi connectivity index (χ3v) is 2.28. The van der Waals surface area contributed by atoms with Gasteiger partial charge in [0.2, 0.25) is 0 Å². The molecule has 1 atom stereocenters.